The van der Waals surface area contributed by atoms with Gasteiger partial charge in [-0.2, -0.15) is 11.8 Å². The first-order valence-corrected chi connectivity index (χ1v) is 9.77. The Hall–Kier alpha value is -1.69. The van der Waals surface area contributed by atoms with Crippen molar-refractivity contribution in [2.45, 2.75) is 25.3 Å². The van der Waals surface area contributed by atoms with Crippen LogP contribution in [0.5, 0.6) is 0 Å². The number of thioether (sulfide) groups is 1. The van der Waals surface area contributed by atoms with Gasteiger partial charge in [0.05, 0.1) is 0 Å². The monoisotopic (exact) mass is 347 g/mol. The number of nitrogens with zero attached hydrogens (tertiary/aromatic N) is 2. The molecule has 24 heavy (non-hydrogen) atoms. The Morgan fingerprint density at radius 2 is 2.12 bits per heavy atom. The molecule has 2 unspecified atom stereocenters. The predicted octanol–water partition coefficient (Wildman–Crippen LogP) is 2.58. The van der Waals surface area contributed by atoms with Crippen LogP contribution in [0.4, 0.5) is 10.5 Å². The molecule has 0 aliphatic carbocycles. The van der Waals surface area contributed by atoms with Gasteiger partial charge >= 0.3 is 6.03 Å². The molecule has 2 aliphatic heterocycles. The summed E-state index contributed by atoms with van der Waals surface area (Å²) in [6, 6.07) is 9.17. The second-order valence-corrected chi connectivity index (χ2v) is 7.66. The molecule has 6 heteroatoms. The summed E-state index contributed by atoms with van der Waals surface area (Å²) < 4.78 is 0. The molecular weight excluding hydrogens is 322 g/mol. The third-order valence-corrected chi connectivity index (χ3v) is 6.06. The van der Waals surface area contributed by atoms with E-state index in [1.54, 1.807) is 16.8 Å². The lowest BCUT2D eigenvalue weighted by molar-refractivity contribution is -0.123. The molecule has 2 fully saturated rings. The third-order valence-electron chi connectivity index (χ3n) is 4.83. The van der Waals surface area contributed by atoms with Gasteiger partial charge in [-0.25, -0.2) is 4.79 Å². The molecule has 1 N–H and O–H groups in total. The van der Waals surface area contributed by atoms with Crippen LogP contribution in [-0.2, 0) is 4.79 Å². The van der Waals surface area contributed by atoms with Crippen molar-refractivity contribution < 1.29 is 9.59 Å². The molecular formula is C18H25N3O2S. The van der Waals surface area contributed by atoms with E-state index in [0.29, 0.717) is 19.0 Å². The number of anilines is 1. The van der Waals surface area contributed by atoms with Crippen molar-refractivity contribution in [1.29, 1.82) is 0 Å². The number of carbonyl (C=O) groups is 2. The van der Waals surface area contributed by atoms with Crippen molar-refractivity contribution in [3.63, 3.8) is 0 Å². The third kappa shape index (κ3) is 3.86. The summed E-state index contributed by atoms with van der Waals surface area (Å²) in [4.78, 5) is 28.6. The molecule has 0 aromatic heterocycles. The van der Waals surface area contributed by atoms with Gasteiger partial charge in [0, 0.05) is 25.8 Å². The SMILES string of the molecule is CN(C(=O)NCC1CCSC1)C1CCCN(c2ccccc2)C1=O. The van der Waals surface area contributed by atoms with Crippen molar-refractivity contribution in [1.82, 2.24) is 10.2 Å². The van der Waals surface area contributed by atoms with Gasteiger partial charge in [-0.3, -0.25) is 4.79 Å². The Balaban J connectivity index is 1.60. The van der Waals surface area contributed by atoms with Crippen molar-refractivity contribution >= 4 is 29.4 Å². The van der Waals surface area contributed by atoms with Gasteiger partial charge in [0.15, 0.2) is 0 Å². The van der Waals surface area contributed by atoms with E-state index in [1.807, 2.05) is 42.1 Å². The normalized spacial score (nSPS) is 24.0. The van der Waals surface area contributed by atoms with Crippen molar-refractivity contribution in [2.24, 2.45) is 5.92 Å². The zero-order chi connectivity index (χ0) is 16.9. The van der Waals surface area contributed by atoms with Crippen LogP contribution in [0.25, 0.3) is 0 Å². The van der Waals surface area contributed by atoms with Crippen LogP contribution in [0.2, 0.25) is 0 Å². The minimum Gasteiger partial charge on any atom is -0.338 e. The van der Waals surface area contributed by atoms with Crippen molar-refractivity contribution in [2.75, 3.05) is 36.5 Å². The quantitative estimate of drug-likeness (QED) is 0.911. The first-order valence-electron chi connectivity index (χ1n) is 8.61. The Labute approximate surface area is 147 Å². The van der Waals surface area contributed by atoms with Crippen LogP contribution >= 0.6 is 11.8 Å². The number of hydrogen-bond donors (Lipinski definition) is 1. The molecule has 3 rings (SSSR count). The zero-order valence-corrected chi connectivity index (χ0v) is 14.9. The number of para-hydroxylation sites is 1. The van der Waals surface area contributed by atoms with Gasteiger partial charge in [0.25, 0.3) is 0 Å². The second kappa shape index (κ2) is 7.92. The van der Waals surface area contributed by atoms with E-state index in [-0.39, 0.29) is 18.0 Å². The maximum absolute atomic E-state index is 12.8. The average Bonchev–Trinajstić information content (AvgIpc) is 3.13. The van der Waals surface area contributed by atoms with E-state index >= 15 is 0 Å². The maximum Gasteiger partial charge on any atom is 0.317 e. The summed E-state index contributed by atoms with van der Waals surface area (Å²) in [7, 11) is 1.73. The number of rotatable bonds is 4. The molecule has 1 aromatic rings. The predicted molar refractivity (Wildman–Crippen MR) is 98.4 cm³/mol. The van der Waals surface area contributed by atoms with Gasteiger partial charge in [0.1, 0.15) is 6.04 Å². The number of likely N-dealkylation sites (N-methyl/N-ethyl adjacent to an activating group) is 1. The van der Waals surface area contributed by atoms with Gasteiger partial charge in [0.2, 0.25) is 5.91 Å². The number of carbonyl (C=O) groups excluding carboxylic acids is 2. The highest BCUT2D eigenvalue weighted by molar-refractivity contribution is 7.99. The minimum absolute atomic E-state index is 0.0153. The van der Waals surface area contributed by atoms with Crippen LogP contribution in [0.3, 0.4) is 0 Å². The molecule has 2 saturated heterocycles. The van der Waals surface area contributed by atoms with E-state index in [4.69, 9.17) is 0 Å². The molecule has 0 radical (unpaired) electrons. The molecule has 5 nitrogen and oxygen atoms in total. The highest BCUT2D eigenvalue weighted by Gasteiger charge is 2.34. The summed E-state index contributed by atoms with van der Waals surface area (Å²) in [5.74, 6) is 2.88. The second-order valence-electron chi connectivity index (χ2n) is 6.51. The largest absolute Gasteiger partial charge is 0.338 e. The van der Waals surface area contributed by atoms with Gasteiger partial charge in [-0.15, -0.1) is 0 Å². The number of benzene rings is 1. The van der Waals surface area contributed by atoms with E-state index < -0.39 is 0 Å². The molecule has 0 saturated carbocycles. The molecule has 2 heterocycles. The van der Waals surface area contributed by atoms with Gasteiger partial charge in [-0.05, 0) is 48.8 Å². The fourth-order valence-corrected chi connectivity index (χ4v) is 4.61. The van der Waals surface area contributed by atoms with Crippen molar-refractivity contribution in [3.8, 4) is 0 Å². The van der Waals surface area contributed by atoms with Gasteiger partial charge in [-0.1, -0.05) is 18.2 Å². The minimum atomic E-state index is -0.378. The lowest BCUT2D eigenvalue weighted by atomic mass is 10.0. The topological polar surface area (TPSA) is 52.7 Å². The van der Waals surface area contributed by atoms with Crippen LogP contribution in [-0.4, -0.2) is 54.5 Å². The first kappa shape index (κ1) is 17.1. The van der Waals surface area contributed by atoms with E-state index in [0.717, 1.165) is 24.3 Å². The molecule has 0 bridgehead atoms. The number of hydrogen-bond acceptors (Lipinski definition) is 3. The number of nitrogens with one attached hydrogen (secondary N) is 1. The van der Waals surface area contributed by atoms with E-state index in [9.17, 15) is 9.59 Å². The Kier molecular flexibility index (Phi) is 5.66. The lowest BCUT2D eigenvalue weighted by Gasteiger charge is -2.36. The van der Waals surface area contributed by atoms with E-state index in [2.05, 4.69) is 5.32 Å². The standard InChI is InChI=1S/C18H25N3O2S/c1-20(18(23)19-12-14-9-11-24-13-14)16-8-5-10-21(17(16)22)15-6-3-2-4-7-15/h2-4,6-7,14,16H,5,8-13H2,1H3,(H,19,23). The van der Waals surface area contributed by atoms with Crippen molar-refractivity contribution in [3.05, 3.63) is 30.3 Å². The smallest absolute Gasteiger partial charge is 0.317 e. The number of piperidine rings is 1. The van der Waals surface area contributed by atoms with Crippen LogP contribution in [0.1, 0.15) is 19.3 Å². The highest BCUT2D eigenvalue weighted by Crippen LogP contribution is 2.24. The summed E-state index contributed by atoms with van der Waals surface area (Å²) in [5, 5.41) is 3.00. The zero-order valence-electron chi connectivity index (χ0n) is 14.1. The molecule has 1 aromatic carbocycles. The van der Waals surface area contributed by atoms with Gasteiger partial charge < -0.3 is 15.1 Å². The molecule has 3 amide bonds. The molecule has 0 spiro atoms. The summed E-state index contributed by atoms with van der Waals surface area (Å²) in [6.45, 7) is 1.42. The van der Waals surface area contributed by atoms with Crippen LogP contribution in [0.15, 0.2) is 30.3 Å². The Bertz CT molecular complexity index is 575. The maximum atomic E-state index is 12.8. The van der Waals surface area contributed by atoms with Crippen LogP contribution < -0.4 is 10.2 Å². The van der Waals surface area contributed by atoms with E-state index in [1.165, 1.54) is 12.2 Å². The fourth-order valence-electron chi connectivity index (χ4n) is 3.32. The Morgan fingerprint density at radius 3 is 2.83 bits per heavy atom. The van der Waals surface area contributed by atoms with Crippen LogP contribution in [0, 0.1) is 5.92 Å². The lowest BCUT2D eigenvalue weighted by Crippen LogP contribution is -2.55. The number of urea groups is 1. The molecule has 2 atom stereocenters. The summed E-state index contributed by atoms with van der Waals surface area (Å²) in [5.41, 5.74) is 0.906. The first-order chi connectivity index (χ1) is 11.7. The highest BCUT2D eigenvalue weighted by atomic mass is 32.2. The molecule has 130 valence electrons. The fraction of sp³-hybridized carbons (Fsp3) is 0.556. The molecule has 2 aliphatic rings. The average molecular weight is 347 g/mol. The summed E-state index contributed by atoms with van der Waals surface area (Å²) in [6.07, 6.45) is 2.80. The number of amides is 3. The Morgan fingerprint density at radius 1 is 1.33 bits per heavy atom. The summed E-state index contributed by atoms with van der Waals surface area (Å²) >= 11 is 1.94.